The van der Waals surface area contributed by atoms with Crippen molar-refractivity contribution in [2.45, 2.75) is 19.9 Å². The highest BCUT2D eigenvalue weighted by Gasteiger charge is 2.18. The first-order valence-electron chi connectivity index (χ1n) is 7.93. The van der Waals surface area contributed by atoms with Crippen LogP contribution in [0.4, 0.5) is 0 Å². The molecule has 1 fully saturated rings. The third-order valence-electron chi connectivity index (χ3n) is 3.82. The van der Waals surface area contributed by atoms with Crippen LogP contribution in [0, 0.1) is 5.92 Å². The van der Waals surface area contributed by atoms with Crippen LogP contribution >= 0.6 is 24.0 Å². The molecule has 0 spiro atoms. The Hall–Kier alpha value is -1.02. The first-order chi connectivity index (χ1) is 10.7. The second-order valence-corrected chi connectivity index (χ2v) is 5.63. The molecular weight excluding hydrogens is 405 g/mol. The molecule has 1 unspecified atom stereocenters. The van der Waals surface area contributed by atoms with Crippen LogP contribution in [-0.2, 0) is 11.3 Å². The van der Waals surface area contributed by atoms with E-state index in [0.29, 0.717) is 12.5 Å². The van der Waals surface area contributed by atoms with E-state index in [-0.39, 0.29) is 24.0 Å². The van der Waals surface area contributed by atoms with Crippen LogP contribution in [0.5, 0.6) is 5.75 Å². The SMILES string of the molecule is CCNC(=NCc1ccc(OC)cc1)N(C)CC1CCOC1.I. The summed E-state index contributed by atoms with van der Waals surface area (Å²) in [7, 11) is 3.77. The zero-order valence-electron chi connectivity index (χ0n) is 14.2. The Morgan fingerprint density at radius 1 is 1.39 bits per heavy atom. The van der Waals surface area contributed by atoms with Gasteiger partial charge in [0.1, 0.15) is 5.75 Å². The Morgan fingerprint density at radius 3 is 2.70 bits per heavy atom. The van der Waals surface area contributed by atoms with E-state index in [1.165, 1.54) is 5.56 Å². The van der Waals surface area contributed by atoms with Gasteiger partial charge in [0, 0.05) is 32.7 Å². The van der Waals surface area contributed by atoms with Crippen molar-refractivity contribution in [2.75, 3.05) is 40.5 Å². The lowest BCUT2D eigenvalue weighted by Gasteiger charge is -2.24. The molecule has 6 heteroatoms. The Labute approximate surface area is 156 Å². The fraction of sp³-hybridized carbons (Fsp3) is 0.588. The third-order valence-corrected chi connectivity index (χ3v) is 3.82. The molecule has 1 aromatic carbocycles. The van der Waals surface area contributed by atoms with Crippen molar-refractivity contribution in [1.29, 1.82) is 0 Å². The van der Waals surface area contributed by atoms with Gasteiger partial charge in [0.15, 0.2) is 5.96 Å². The Kier molecular flexibility index (Phi) is 9.31. The van der Waals surface area contributed by atoms with Gasteiger partial charge in [-0.05, 0) is 31.0 Å². The van der Waals surface area contributed by atoms with Gasteiger partial charge in [0.05, 0.1) is 20.3 Å². The molecular formula is C17H28IN3O2. The molecule has 1 saturated heterocycles. The second-order valence-electron chi connectivity index (χ2n) is 5.63. The maximum atomic E-state index is 5.45. The predicted molar refractivity (Wildman–Crippen MR) is 105 cm³/mol. The minimum Gasteiger partial charge on any atom is -0.497 e. The van der Waals surface area contributed by atoms with Crippen molar-refractivity contribution < 1.29 is 9.47 Å². The average molecular weight is 433 g/mol. The van der Waals surface area contributed by atoms with Crippen molar-refractivity contribution in [3.63, 3.8) is 0 Å². The highest BCUT2D eigenvalue weighted by Crippen LogP contribution is 2.14. The maximum Gasteiger partial charge on any atom is 0.193 e. The number of aliphatic imine (C=N–C) groups is 1. The van der Waals surface area contributed by atoms with Crippen LogP contribution in [0.25, 0.3) is 0 Å². The topological polar surface area (TPSA) is 46.1 Å². The molecule has 0 saturated carbocycles. The van der Waals surface area contributed by atoms with Gasteiger partial charge < -0.3 is 19.7 Å². The van der Waals surface area contributed by atoms with Gasteiger partial charge in [-0.25, -0.2) is 4.99 Å². The molecule has 0 radical (unpaired) electrons. The Balaban J connectivity index is 0.00000264. The smallest absolute Gasteiger partial charge is 0.193 e. The lowest BCUT2D eigenvalue weighted by Crippen LogP contribution is -2.41. The molecule has 130 valence electrons. The van der Waals surface area contributed by atoms with Crippen LogP contribution in [-0.4, -0.2) is 51.3 Å². The molecule has 5 nitrogen and oxygen atoms in total. The standard InChI is InChI=1S/C17H27N3O2.HI/c1-4-18-17(20(2)12-15-9-10-22-13-15)19-11-14-5-7-16(21-3)8-6-14;/h5-8,15H,4,9-13H2,1-3H3,(H,18,19);1H. The lowest BCUT2D eigenvalue weighted by molar-refractivity contribution is 0.181. The summed E-state index contributed by atoms with van der Waals surface area (Å²) in [6.07, 6.45) is 1.14. The molecule has 1 atom stereocenters. The van der Waals surface area contributed by atoms with Crippen molar-refractivity contribution in [2.24, 2.45) is 10.9 Å². The van der Waals surface area contributed by atoms with Crippen LogP contribution in [0.1, 0.15) is 18.9 Å². The zero-order chi connectivity index (χ0) is 15.8. The zero-order valence-corrected chi connectivity index (χ0v) is 16.6. The van der Waals surface area contributed by atoms with Gasteiger partial charge in [-0.3, -0.25) is 0 Å². The summed E-state index contributed by atoms with van der Waals surface area (Å²) in [6.45, 7) is 6.36. The minimum absolute atomic E-state index is 0. The maximum absolute atomic E-state index is 5.45. The second kappa shape index (κ2) is 10.7. The quantitative estimate of drug-likeness (QED) is 0.426. The van der Waals surface area contributed by atoms with E-state index in [1.807, 2.05) is 12.1 Å². The summed E-state index contributed by atoms with van der Waals surface area (Å²) in [6, 6.07) is 8.04. The van der Waals surface area contributed by atoms with Crippen molar-refractivity contribution >= 4 is 29.9 Å². The minimum atomic E-state index is 0. The highest BCUT2D eigenvalue weighted by molar-refractivity contribution is 14.0. The molecule has 0 aliphatic carbocycles. The molecule has 1 aliphatic rings. The molecule has 1 aliphatic heterocycles. The molecule has 2 rings (SSSR count). The molecule has 0 aromatic heterocycles. The third kappa shape index (κ3) is 6.55. The summed E-state index contributed by atoms with van der Waals surface area (Å²) in [5, 5.41) is 3.36. The highest BCUT2D eigenvalue weighted by atomic mass is 127. The number of methoxy groups -OCH3 is 1. The number of nitrogens with zero attached hydrogens (tertiary/aromatic N) is 2. The van der Waals surface area contributed by atoms with E-state index in [1.54, 1.807) is 7.11 Å². The van der Waals surface area contributed by atoms with Crippen LogP contribution in [0.3, 0.4) is 0 Å². The van der Waals surface area contributed by atoms with E-state index in [4.69, 9.17) is 14.5 Å². The first kappa shape index (κ1) is 20.0. The van der Waals surface area contributed by atoms with Gasteiger partial charge in [-0.2, -0.15) is 0 Å². The lowest BCUT2D eigenvalue weighted by atomic mass is 10.1. The predicted octanol–water partition coefficient (Wildman–Crippen LogP) is 2.75. The van der Waals surface area contributed by atoms with Crippen molar-refractivity contribution in [1.82, 2.24) is 10.2 Å². The van der Waals surface area contributed by atoms with Gasteiger partial charge in [-0.1, -0.05) is 12.1 Å². The fourth-order valence-electron chi connectivity index (χ4n) is 2.57. The average Bonchev–Trinajstić information content (AvgIpc) is 3.04. The molecule has 1 N–H and O–H groups in total. The summed E-state index contributed by atoms with van der Waals surface area (Å²) in [5.41, 5.74) is 1.17. The normalized spacial score (nSPS) is 17.5. The molecule has 0 bridgehead atoms. The number of hydrogen-bond acceptors (Lipinski definition) is 3. The number of benzene rings is 1. The summed E-state index contributed by atoms with van der Waals surface area (Å²) in [4.78, 5) is 6.93. The van der Waals surface area contributed by atoms with E-state index in [0.717, 1.165) is 44.4 Å². The van der Waals surface area contributed by atoms with Gasteiger partial charge in [0.25, 0.3) is 0 Å². The van der Waals surface area contributed by atoms with Crippen LogP contribution < -0.4 is 10.1 Å². The molecule has 1 aromatic rings. The Morgan fingerprint density at radius 2 is 2.13 bits per heavy atom. The summed E-state index contributed by atoms with van der Waals surface area (Å²) >= 11 is 0. The van der Waals surface area contributed by atoms with Gasteiger partial charge >= 0.3 is 0 Å². The van der Waals surface area contributed by atoms with E-state index >= 15 is 0 Å². The number of ether oxygens (including phenoxy) is 2. The number of rotatable bonds is 6. The number of nitrogens with one attached hydrogen (secondary N) is 1. The van der Waals surface area contributed by atoms with Crippen molar-refractivity contribution in [3.8, 4) is 5.75 Å². The van der Waals surface area contributed by atoms with Gasteiger partial charge in [0.2, 0.25) is 0 Å². The fourth-order valence-corrected chi connectivity index (χ4v) is 2.57. The van der Waals surface area contributed by atoms with Crippen LogP contribution in [0.15, 0.2) is 29.3 Å². The van der Waals surface area contributed by atoms with E-state index < -0.39 is 0 Å². The van der Waals surface area contributed by atoms with E-state index in [2.05, 4.69) is 36.3 Å². The molecule has 0 amide bonds. The van der Waals surface area contributed by atoms with Crippen LogP contribution in [0.2, 0.25) is 0 Å². The summed E-state index contributed by atoms with van der Waals surface area (Å²) < 4.78 is 10.6. The monoisotopic (exact) mass is 433 g/mol. The largest absolute Gasteiger partial charge is 0.497 e. The number of guanidine groups is 1. The molecule has 1 heterocycles. The number of hydrogen-bond donors (Lipinski definition) is 1. The van der Waals surface area contributed by atoms with Gasteiger partial charge in [-0.15, -0.1) is 24.0 Å². The van der Waals surface area contributed by atoms with E-state index in [9.17, 15) is 0 Å². The number of halogens is 1. The molecule has 23 heavy (non-hydrogen) atoms. The van der Waals surface area contributed by atoms with Crippen molar-refractivity contribution in [3.05, 3.63) is 29.8 Å². The first-order valence-corrected chi connectivity index (χ1v) is 7.93. The summed E-state index contributed by atoms with van der Waals surface area (Å²) in [5.74, 6) is 2.43. The Bertz CT molecular complexity index is 473.